The zero-order chi connectivity index (χ0) is 32.6. The predicted octanol–water partition coefficient (Wildman–Crippen LogP) is 12.5. The van der Waals surface area contributed by atoms with Gasteiger partial charge in [0.2, 0.25) is 5.91 Å². The van der Waals surface area contributed by atoms with Gasteiger partial charge in [0.05, 0.1) is 12.7 Å². The lowest BCUT2D eigenvalue weighted by atomic mass is 10.0. The molecule has 0 aliphatic carbocycles. The molecule has 1 unspecified atom stereocenters. The Morgan fingerprint density at radius 3 is 0.886 bits per heavy atom. The van der Waals surface area contributed by atoms with Crippen LogP contribution < -0.4 is 5.73 Å². The topological polar surface area (TPSA) is 83.6 Å². The summed E-state index contributed by atoms with van der Waals surface area (Å²) in [6, 6.07) is 0. The molecule has 0 aromatic rings. The van der Waals surface area contributed by atoms with Gasteiger partial charge < -0.3 is 15.9 Å². The molecule has 0 heterocycles. The van der Waals surface area contributed by atoms with Gasteiger partial charge in [0.15, 0.2) is 0 Å². The second kappa shape index (κ2) is 42.4. The van der Waals surface area contributed by atoms with Gasteiger partial charge in [0.25, 0.3) is 0 Å². The highest BCUT2D eigenvalue weighted by molar-refractivity contribution is 5.73. The number of carbonyl (C=O) groups excluding carboxylic acids is 1. The highest BCUT2D eigenvalue weighted by Gasteiger charge is 2.01. The highest BCUT2D eigenvalue weighted by Crippen LogP contribution is 2.16. The molecule has 0 saturated heterocycles. The predicted molar refractivity (Wildman–Crippen MR) is 195 cm³/mol. The highest BCUT2D eigenvalue weighted by atomic mass is 16.3. The first-order chi connectivity index (χ1) is 21.6. The zero-order valence-electron chi connectivity index (χ0n) is 30.4. The van der Waals surface area contributed by atoms with Crippen LogP contribution in [0.4, 0.5) is 0 Å². The first-order valence-corrected chi connectivity index (χ1v) is 20.2. The summed E-state index contributed by atoms with van der Waals surface area (Å²) in [5.41, 5.74) is 5.13. The normalized spacial score (nSPS) is 11.8. The van der Waals surface area contributed by atoms with E-state index in [0.717, 1.165) is 19.3 Å². The van der Waals surface area contributed by atoms with Crippen molar-refractivity contribution in [3.05, 3.63) is 0 Å². The Labute approximate surface area is 277 Å². The monoisotopic (exact) mass is 626 g/mol. The van der Waals surface area contributed by atoms with Crippen molar-refractivity contribution in [1.82, 2.24) is 0 Å². The van der Waals surface area contributed by atoms with Crippen molar-refractivity contribution in [3.63, 3.8) is 0 Å². The van der Waals surface area contributed by atoms with Crippen LogP contribution in [0.2, 0.25) is 0 Å². The van der Waals surface area contributed by atoms with Gasteiger partial charge in [-0.1, -0.05) is 219 Å². The van der Waals surface area contributed by atoms with Crippen molar-refractivity contribution in [3.8, 4) is 0 Å². The van der Waals surface area contributed by atoms with Gasteiger partial charge in [-0.15, -0.1) is 0 Å². The molecule has 0 aromatic carbocycles. The molecule has 0 saturated carbocycles. The lowest BCUT2D eigenvalue weighted by Crippen LogP contribution is -2.10. The number of nitrogens with two attached hydrogens (primary N) is 1. The molecule has 4 N–H and O–H groups in total. The molecule has 4 nitrogen and oxygen atoms in total. The van der Waals surface area contributed by atoms with Crippen molar-refractivity contribution in [1.29, 1.82) is 0 Å². The van der Waals surface area contributed by atoms with Gasteiger partial charge >= 0.3 is 0 Å². The molecule has 0 aliphatic rings. The van der Waals surface area contributed by atoms with Crippen molar-refractivity contribution in [2.75, 3.05) is 6.61 Å². The van der Waals surface area contributed by atoms with Crippen molar-refractivity contribution in [2.45, 2.75) is 245 Å². The Balaban J connectivity index is 0. The number of carbonyl (C=O) groups is 1. The number of primary amides is 1. The van der Waals surface area contributed by atoms with Crippen LogP contribution in [0, 0.1) is 0 Å². The Morgan fingerprint density at radius 1 is 0.432 bits per heavy atom. The van der Waals surface area contributed by atoms with Gasteiger partial charge in [-0.3, -0.25) is 4.79 Å². The summed E-state index contributed by atoms with van der Waals surface area (Å²) in [5, 5.41) is 17.9. The minimum absolute atomic E-state index is 0.0849. The Morgan fingerprint density at radius 2 is 0.659 bits per heavy atom. The van der Waals surface area contributed by atoms with Crippen molar-refractivity contribution in [2.24, 2.45) is 5.73 Å². The van der Waals surface area contributed by atoms with Crippen LogP contribution >= 0.6 is 0 Å². The average Bonchev–Trinajstić information content (AvgIpc) is 3.02. The Hall–Kier alpha value is -0.610. The van der Waals surface area contributed by atoms with E-state index < -0.39 is 6.10 Å². The Bertz CT molecular complexity index is 513. The lowest BCUT2D eigenvalue weighted by molar-refractivity contribution is -0.118. The van der Waals surface area contributed by atoms with Crippen LogP contribution in [-0.4, -0.2) is 28.8 Å². The second-order valence-electron chi connectivity index (χ2n) is 13.8. The van der Waals surface area contributed by atoms with E-state index in [1.165, 1.54) is 199 Å². The molecule has 266 valence electrons. The summed E-state index contributed by atoms with van der Waals surface area (Å²) in [4.78, 5) is 10.6. The number of rotatable bonds is 36. The molecule has 0 rings (SSSR count). The standard InChI is InChI=1S/C22H45NO.C18H38O2/c1-2-3-4-5-6-7-8-9-10-11-12-13-14-15-16-17-18-19-20-21-22(23)24;1-2-3-4-5-6-7-8-9-10-11-12-13-14-15-16-18(20)17-19/h2-21H2,1H3,(H2,23,24);18-20H,2-17H2,1H3. The van der Waals surface area contributed by atoms with Crippen LogP contribution in [0.5, 0.6) is 0 Å². The number of unbranched alkanes of at least 4 members (excludes halogenated alkanes) is 31. The summed E-state index contributed by atoms with van der Waals surface area (Å²) in [6.07, 6.45) is 46.1. The van der Waals surface area contributed by atoms with E-state index in [4.69, 9.17) is 10.8 Å². The van der Waals surface area contributed by atoms with Gasteiger partial charge in [-0.2, -0.15) is 0 Å². The fraction of sp³-hybridized carbons (Fsp3) is 0.975. The fourth-order valence-electron chi connectivity index (χ4n) is 6.04. The zero-order valence-corrected chi connectivity index (χ0v) is 30.4. The van der Waals surface area contributed by atoms with E-state index in [2.05, 4.69) is 13.8 Å². The number of hydrogen-bond acceptors (Lipinski definition) is 3. The second-order valence-corrected chi connectivity index (χ2v) is 13.8. The molecule has 0 fully saturated rings. The van der Waals surface area contributed by atoms with E-state index in [1.54, 1.807) is 0 Å². The minimum Gasteiger partial charge on any atom is -0.394 e. The molecule has 0 aromatic heterocycles. The molecule has 0 spiro atoms. The van der Waals surface area contributed by atoms with E-state index in [9.17, 15) is 9.90 Å². The first kappa shape index (κ1) is 45.5. The summed E-state index contributed by atoms with van der Waals surface area (Å²) in [6.45, 7) is 4.47. The van der Waals surface area contributed by atoms with Crippen LogP contribution in [0.1, 0.15) is 239 Å². The molecule has 0 bridgehead atoms. The molecule has 0 aliphatic heterocycles. The fourth-order valence-corrected chi connectivity index (χ4v) is 6.04. The van der Waals surface area contributed by atoms with Crippen molar-refractivity contribution >= 4 is 5.91 Å². The van der Waals surface area contributed by atoms with E-state index in [-0.39, 0.29) is 12.5 Å². The quantitative estimate of drug-likeness (QED) is 0.0606. The lowest BCUT2D eigenvalue weighted by Gasteiger charge is -2.06. The third kappa shape index (κ3) is 45.8. The van der Waals surface area contributed by atoms with E-state index in [0.29, 0.717) is 6.42 Å². The van der Waals surface area contributed by atoms with Gasteiger partial charge in [-0.25, -0.2) is 0 Å². The molecule has 0 radical (unpaired) electrons. The largest absolute Gasteiger partial charge is 0.394 e. The molecular weight excluding hydrogens is 542 g/mol. The van der Waals surface area contributed by atoms with E-state index >= 15 is 0 Å². The average molecular weight is 626 g/mol. The SMILES string of the molecule is CCCCCCCCCCCCCCCCC(O)CO.CCCCCCCCCCCCCCCCCCCCCC(N)=O. The molecule has 1 amide bonds. The first-order valence-electron chi connectivity index (χ1n) is 20.2. The van der Waals surface area contributed by atoms with Crippen LogP contribution in [0.3, 0.4) is 0 Å². The maximum atomic E-state index is 10.6. The smallest absolute Gasteiger partial charge is 0.217 e. The van der Waals surface area contributed by atoms with Gasteiger partial charge in [0, 0.05) is 6.42 Å². The van der Waals surface area contributed by atoms with Crippen LogP contribution in [0.15, 0.2) is 0 Å². The molecule has 4 heteroatoms. The molecule has 1 atom stereocenters. The number of aliphatic hydroxyl groups is 2. The number of aliphatic hydroxyl groups excluding tert-OH is 2. The van der Waals surface area contributed by atoms with Gasteiger partial charge in [-0.05, 0) is 12.8 Å². The maximum absolute atomic E-state index is 10.6. The summed E-state index contributed by atoms with van der Waals surface area (Å²) < 4.78 is 0. The van der Waals surface area contributed by atoms with Gasteiger partial charge in [0.1, 0.15) is 0 Å². The number of amides is 1. The third-order valence-electron chi connectivity index (χ3n) is 9.13. The van der Waals surface area contributed by atoms with E-state index in [1.807, 2.05) is 0 Å². The van der Waals surface area contributed by atoms with Crippen molar-refractivity contribution < 1.29 is 15.0 Å². The summed E-state index contributed by atoms with van der Waals surface area (Å²) in [5.74, 6) is -0.151. The third-order valence-corrected chi connectivity index (χ3v) is 9.13. The molecular formula is C40H83NO3. The van der Waals surface area contributed by atoms with Crippen LogP contribution in [0.25, 0.3) is 0 Å². The molecule has 44 heavy (non-hydrogen) atoms. The minimum atomic E-state index is -0.493. The van der Waals surface area contributed by atoms with Crippen LogP contribution in [-0.2, 0) is 4.79 Å². The summed E-state index contributed by atoms with van der Waals surface area (Å²) >= 11 is 0. The summed E-state index contributed by atoms with van der Waals surface area (Å²) in [7, 11) is 0. The maximum Gasteiger partial charge on any atom is 0.217 e. The Kier molecular flexibility index (Phi) is 43.8. The number of hydrogen-bond donors (Lipinski definition) is 3.